The lowest BCUT2D eigenvalue weighted by molar-refractivity contribution is -0.123. The molecule has 1 unspecified atom stereocenters. The zero-order valence-corrected chi connectivity index (χ0v) is 13.1. The molecule has 1 fully saturated rings. The van der Waals surface area contributed by atoms with Gasteiger partial charge in [0.15, 0.2) is 0 Å². The van der Waals surface area contributed by atoms with E-state index in [1.54, 1.807) is 0 Å². The molecule has 0 spiro atoms. The molecule has 1 aliphatic rings. The van der Waals surface area contributed by atoms with E-state index < -0.39 is 16.1 Å². The highest BCUT2D eigenvalue weighted by Gasteiger charge is 2.40. The average Bonchev–Trinajstić information content (AvgIpc) is 2.90. The van der Waals surface area contributed by atoms with E-state index >= 15 is 0 Å². The molecule has 1 saturated heterocycles. The van der Waals surface area contributed by atoms with Gasteiger partial charge in [0.05, 0.1) is 10.0 Å². The van der Waals surface area contributed by atoms with E-state index in [0.717, 1.165) is 0 Å². The quantitative estimate of drug-likeness (QED) is 0.916. The van der Waals surface area contributed by atoms with Crippen molar-refractivity contribution in [1.82, 2.24) is 9.62 Å². The van der Waals surface area contributed by atoms with Gasteiger partial charge in [-0.3, -0.25) is 4.79 Å². The monoisotopic (exact) mass is 336 g/mol. The van der Waals surface area contributed by atoms with Crippen molar-refractivity contribution in [1.29, 1.82) is 0 Å². The van der Waals surface area contributed by atoms with Crippen LogP contribution in [0.2, 0.25) is 10.0 Å². The fourth-order valence-electron chi connectivity index (χ4n) is 2.27. The number of likely N-dealkylation sites (N-methyl/N-ethyl adjacent to an activating group) is 1. The van der Waals surface area contributed by atoms with Crippen LogP contribution in [0.5, 0.6) is 0 Å². The van der Waals surface area contributed by atoms with Gasteiger partial charge in [-0.05, 0) is 25.0 Å². The largest absolute Gasteiger partial charge is 0.358 e. The lowest BCUT2D eigenvalue weighted by atomic mass is 10.2. The molecule has 0 radical (unpaired) electrons. The summed E-state index contributed by atoms with van der Waals surface area (Å²) in [5, 5.41) is 2.64. The molecule has 2 rings (SSSR count). The third-order valence-corrected chi connectivity index (χ3v) is 6.14. The van der Waals surface area contributed by atoms with Gasteiger partial charge >= 0.3 is 0 Å². The fourth-order valence-corrected chi connectivity index (χ4v) is 4.66. The molecule has 0 bridgehead atoms. The Morgan fingerprint density at radius 2 is 2.10 bits per heavy atom. The molecule has 1 amide bonds. The highest BCUT2D eigenvalue weighted by molar-refractivity contribution is 7.89. The smallest absolute Gasteiger partial charge is 0.245 e. The predicted octanol–water partition coefficient (Wildman–Crippen LogP) is 1.89. The van der Waals surface area contributed by atoms with E-state index in [2.05, 4.69) is 5.32 Å². The molecule has 1 N–H and O–H groups in total. The van der Waals surface area contributed by atoms with Crippen LogP contribution in [0, 0.1) is 0 Å². The number of rotatable bonds is 3. The Bertz CT molecular complexity index is 634. The maximum Gasteiger partial charge on any atom is 0.245 e. The molecule has 1 heterocycles. The van der Waals surface area contributed by atoms with Gasteiger partial charge in [0.25, 0.3) is 0 Å². The number of amides is 1. The number of benzene rings is 1. The predicted molar refractivity (Wildman–Crippen MR) is 77.4 cm³/mol. The van der Waals surface area contributed by atoms with E-state index in [-0.39, 0.29) is 20.8 Å². The maximum absolute atomic E-state index is 12.6. The zero-order valence-electron chi connectivity index (χ0n) is 10.8. The topological polar surface area (TPSA) is 66.5 Å². The summed E-state index contributed by atoms with van der Waals surface area (Å²) in [5.74, 6) is -0.316. The van der Waals surface area contributed by atoms with Gasteiger partial charge in [-0.2, -0.15) is 4.31 Å². The Hall–Kier alpha value is -0.820. The van der Waals surface area contributed by atoms with Crippen molar-refractivity contribution in [3.05, 3.63) is 28.2 Å². The minimum atomic E-state index is -3.84. The molecule has 1 aliphatic heterocycles. The minimum Gasteiger partial charge on any atom is -0.358 e. The molecule has 110 valence electrons. The molecule has 20 heavy (non-hydrogen) atoms. The third kappa shape index (κ3) is 2.65. The number of halogens is 2. The first-order chi connectivity index (χ1) is 9.39. The number of sulfonamides is 1. The van der Waals surface area contributed by atoms with E-state index in [9.17, 15) is 13.2 Å². The van der Waals surface area contributed by atoms with Crippen LogP contribution in [0.3, 0.4) is 0 Å². The average molecular weight is 337 g/mol. The normalized spacial score (nSPS) is 20.1. The number of carbonyl (C=O) groups is 1. The van der Waals surface area contributed by atoms with Gasteiger partial charge in [-0.15, -0.1) is 0 Å². The molecule has 0 saturated carbocycles. The van der Waals surface area contributed by atoms with Crippen molar-refractivity contribution in [2.24, 2.45) is 0 Å². The van der Waals surface area contributed by atoms with Gasteiger partial charge in [0.1, 0.15) is 10.9 Å². The summed E-state index contributed by atoms with van der Waals surface area (Å²) < 4.78 is 26.5. The first-order valence-electron chi connectivity index (χ1n) is 6.07. The van der Waals surface area contributed by atoms with Crippen LogP contribution < -0.4 is 5.32 Å². The Morgan fingerprint density at radius 1 is 1.40 bits per heavy atom. The van der Waals surface area contributed by atoms with Gasteiger partial charge < -0.3 is 5.32 Å². The SMILES string of the molecule is CNC(=O)C1CCCN1S(=O)(=O)c1cccc(Cl)c1Cl. The summed E-state index contributed by atoms with van der Waals surface area (Å²) in [7, 11) is -2.36. The van der Waals surface area contributed by atoms with E-state index in [1.165, 1.54) is 29.6 Å². The number of nitrogens with one attached hydrogen (secondary N) is 1. The van der Waals surface area contributed by atoms with E-state index in [0.29, 0.717) is 19.4 Å². The van der Waals surface area contributed by atoms with Crippen LogP contribution in [-0.4, -0.2) is 38.3 Å². The highest BCUT2D eigenvalue weighted by Crippen LogP contribution is 2.33. The Morgan fingerprint density at radius 3 is 2.75 bits per heavy atom. The standard InChI is InChI=1S/C12H14Cl2N2O3S/c1-15-12(17)9-5-3-7-16(9)20(18,19)10-6-2-4-8(13)11(10)14/h2,4,6,9H,3,5,7H2,1H3,(H,15,17). The highest BCUT2D eigenvalue weighted by atomic mass is 35.5. The summed E-state index contributed by atoms with van der Waals surface area (Å²) in [4.78, 5) is 11.7. The number of hydrogen-bond donors (Lipinski definition) is 1. The second-order valence-electron chi connectivity index (χ2n) is 4.44. The van der Waals surface area contributed by atoms with Gasteiger partial charge in [-0.1, -0.05) is 29.3 Å². The van der Waals surface area contributed by atoms with E-state index in [1.807, 2.05) is 0 Å². The molecule has 8 heteroatoms. The summed E-state index contributed by atoms with van der Waals surface area (Å²) in [6.45, 7) is 0.295. The van der Waals surface area contributed by atoms with Crippen LogP contribution in [0.15, 0.2) is 23.1 Å². The summed E-state index contributed by atoms with van der Waals surface area (Å²) >= 11 is 11.8. The second-order valence-corrected chi connectivity index (χ2v) is 7.08. The molecule has 0 aromatic heterocycles. The van der Waals surface area contributed by atoms with Crippen molar-refractivity contribution in [2.45, 2.75) is 23.8 Å². The minimum absolute atomic E-state index is 0.0169. The van der Waals surface area contributed by atoms with Crippen LogP contribution in [0.4, 0.5) is 0 Å². The van der Waals surface area contributed by atoms with Crippen molar-refractivity contribution in [3.63, 3.8) is 0 Å². The van der Waals surface area contributed by atoms with Crippen LogP contribution in [-0.2, 0) is 14.8 Å². The van der Waals surface area contributed by atoms with Crippen molar-refractivity contribution < 1.29 is 13.2 Å². The second kappa shape index (κ2) is 5.89. The molecular formula is C12H14Cl2N2O3S. The van der Waals surface area contributed by atoms with Gasteiger partial charge in [0, 0.05) is 13.6 Å². The Balaban J connectivity index is 2.44. The lowest BCUT2D eigenvalue weighted by Gasteiger charge is -2.23. The van der Waals surface area contributed by atoms with Gasteiger partial charge in [0.2, 0.25) is 15.9 Å². The number of nitrogens with zero attached hydrogens (tertiary/aromatic N) is 1. The third-order valence-electron chi connectivity index (χ3n) is 3.26. The summed E-state index contributed by atoms with van der Waals surface area (Å²) in [5.41, 5.74) is 0. The molecule has 1 aromatic carbocycles. The molecular weight excluding hydrogens is 323 g/mol. The Labute approximate surface area is 127 Å². The van der Waals surface area contributed by atoms with Crippen LogP contribution >= 0.6 is 23.2 Å². The molecule has 5 nitrogen and oxygen atoms in total. The fraction of sp³-hybridized carbons (Fsp3) is 0.417. The van der Waals surface area contributed by atoms with Crippen molar-refractivity contribution in [3.8, 4) is 0 Å². The first-order valence-corrected chi connectivity index (χ1v) is 8.26. The maximum atomic E-state index is 12.6. The molecule has 1 atom stereocenters. The number of hydrogen-bond acceptors (Lipinski definition) is 3. The van der Waals surface area contributed by atoms with Crippen molar-refractivity contribution in [2.75, 3.05) is 13.6 Å². The Kier molecular flexibility index (Phi) is 4.59. The van der Waals surface area contributed by atoms with Crippen molar-refractivity contribution >= 4 is 39.1 Å². The molecule has 0 aliphatic carbocycles. The number of carbonyl (C=O) groups excluding carboxylic acids is 1. The zero-order chi connectivity index (χ0) is 14.9. The first kappa shape index (κ1) is 15.6. The van der Waals surface area contributed by atoms with Crippen LogP contribution in [0.25, 0.3) is 0 Å². The van der Waals surface area contributed by atoms with Crippen LogP contribution in [0.1, 0.15) is 12.8 Å². The van der Waals surface area contributed by atoms with Gasteiger partial charge in [-0.25, -0.2) is 8.42 Å². The summed E-state index contributed by atoms with van der Waals surface area (Å²) in [6.07, 6.45) is 1.13. The lowest BCUT2D eigenvalue weighted by Crippen LogP contribution is -2.44. The van der Waals surface area contributed by atoms with E-state index in [4.69, 9.17) is 23.2 Å². The molecule has 1 aromatic rings. The summed E-state index contributed by atoms with van der Waals surface area (Å²) in [6, 6.07) is 3.73.